The standard InChI is InChI=1S/C10H15NS/c1-7(2)12-9-6-4-5-8(3)10(9)11/h4-7H,11H2,1-3H3. The highest BCUT2D eigenvalue weighted by Crippen LogP contribution is 2.30. The Balaban J connectivity index is 2.92. The average molecular weight is 181 g/mol. The summed E-state index contributed by atoms with van der Waals surface area (Å²) in [6.07, 6.45) is 0. The molecule has 0 radical (unpaired) electrons. The van der Waals surface area contributed by atoms with E-state index in [0.29, 0.717) is 5.25 Å². The van der Waals surface area contributed by atoms with Gasteiger partial charge in [-0.1, -0.05) is 26.0 Å². The van der Waals surface area contributed by atoms with Crippen molar-refractivity contribution in [2.75, 3.05) is 5.73 Å². The van der Waals surface area contributed by atoms with E-state index in [9.17, 15) is 0 Å². The van der Waals surface area contributed by atoms with Gasteiger partial charge >= 0.3 is 0 Å². The lowest BCUT2D eigenvalue weighted by atomic mass is 10.2. The maximum atomic E-state index is 5.91. The number of para-hydroxylation sites is 1. The number of rotatable bonds is 2. The Kier molecular flexibility index (Phi) is 3.04. The first-order chi connectivity index (χ1) is 5.61. The predicted molar refractivity (Wildman–Crippen MR) is 56.6 cm³/mol. The highest BCUT2D eigenvalue weighted by Gasteiger charge is 2.03. The van der Waals surface area contributed by atoms with E-state index in [0.717, 1.165) is 5.69 Å². The molecule has 1 nitrogen and oxygen atoms in total. The average Bonchev–Trinajstić information content (AvgIpc) is 1.98. The minimum Gasteiger partial charge on any atom is -0.398 e. The maximum Gasteiger partial charge on any atom is 0.0482 e. The van der Waals surface area contributed by atoms with E-state index in [1.165, 1.54) is 10.5 Å². The zero-order chi connectivity index (χ0) is 9.14. The predicted octanol–water partition coefficient (Wildman–Crippen LogP) is 3.08. The van der Waals surface area contributed by atoms with Crippen molar-refractivity contribution < 1.29 is 0 Å². The van der Waals surface area contributed by atoms with E-state index < -0.39 is 0 Å². The minimum atomic E-state index is 0.592. The molecule has 1 aromatic carbocycles. The normalized spacial score (nSPS) is 10.7. The monoisotopic (exact) mass is 181 g/mol. The third-order valence-corrected chi connectivity index (χ3v) is 2.73. The molecule has 0 aliphatic heterocycles. The van der Waals surface area contributed by atoms with Crippen molar-refractivity contribution in [3.8, 4) is 0 Å². The van der Waals surface area contributed by atoms with Gasteiger partial charge < -0.3 is 5.73 Å². The van der Waals surface area contributed by atoms with Crippen LogP contribution in [-0.2, 0) is 0 Å². The Labute approximate surface area is 78.4 Å². The number of benzene rings is 1. The first-order valence-electron chi connectivity index (χ1n) is 4.13. The first kappa shape index (κ1) is 9.46. The molecule has 1 rings (SSSR count). The van der Waals surface area contributed by atoms with Gasteiger partial charge in [-0.15, -0.1) is 11.8 Å². The molecule has 0 aliphatic carbocycles. The van der Waals surface area contributed by atoms with Gasteiger partial charge in [0.1, 0.15) is 0 Å². The van der Waals surface area contributed by atoms with Crippen LogP contribution >= 0.6 is 11.8 Å². The molecule has 0 bridgehead atoms. The summed E-state index contributed by atoms with van der Waals surface area (Å²) in [6, 6.07) is 6.17. The van der Waals surface area contributed by atoms with Gasteiger partial charge in [-0.25, -0.2) is 0 Å². The third-order valence-electron chi connectivity index (χ3n) is 1.65. The van der Waals surface area contributed by atoms with Crippen LogP contribution in [0, 0.1) is 6.92 Å². The van der Waals surface area contributed by atoms with Crippen molar-refractivity contribution in [1.82, 2.24) is 0 Å². The van der Waals surface area contributed by atoms with E-state index in [1.54, 1.807) is 0 Å². The fourth-order valence-electron chi connectivity index (χ4n) is 1.01. The largest absolute Gasteiger partial charge is 0.398 e. The molecule has 0 spiro atoms. The zero-order valence-electron chi connectivity index (χ0n) is 7.79. The van der Waals surface area contributed by atoms with Gasteiger partial charge in [0.25, 0.3) is 0 Å². The Morgan fingerprint density at radius 2 is 2.00 bits per heavy atom. The molecule has 0 unspecified atom stereocenters. The minimum absolute atomic E-state index is 0.592. The molecule has 0 saturated heterocycles. The molecule has 0 heterocycles. The van der Waals surface area contributed by atoms with Crippen molar-refractivity contribution in [3.63, 3.8) is 0 Å². The van der Waals surface area contributed by atoms with E-state index in [-0.39, 0.29) is 0 Å². The fourth-order valence-corrected chi connectivity index (χ4v) is 1.96. The van der Waals surface area contributed by atoms with E-state index >= 15 is 0 Å². The summed E-state index contributed by atoms with van der Waals surface area (Å²) >= 11 is 1.81. The first-order valence-corrected chi connectivity index (χ1v) is 5.01. The molecule has 12 heavy (non-hydrogen) atoms. The lowest BCUT2D eigenvalue weighted by Gasteiger charge is -2.09. The number of anilines is 1. The Morgan fingerprint density at radius 3 is 2.58 bits per heavy atom. The molecule has 0 aromatic heterocycles. The van der Waals surface area contributed by atoms with Crippen molar-refractivity contribution in [2.45, 2.75) is 30.9 Å². The zero-order valence-corrected chi connectivity index (χ0v) is 8.61. The van der Waals surface area contributed by atoms with Crippen LogP contribution in [0.25, 0.3) is 0 Å². The smallest absolute Gasteiger partial charge is 0.0482 e. The van der Waals surface area contributed by atoms with Crippen LogP contribution in [0.15, 0.2) is 23.1 Å². The van der Waals surface area contributed by atoms with Crippen LogP contribution in [0.1, 0.15) is 19.4 Å². The molecule has 0 aliphatic rings. The summed E-state index contributed by atoms with van der Waals surface area (Å²) in [7, 11) is 0. The Hall–Kier alpha value is -0.630. The second-order valence-electron chi connectivity index (χ2n) is 3.15. The van der Waals surface area contributed by atoms with Gasteiger partial charge in [0.2, 0.25) is 0 Å². The summed E-state index contributed by atoms with van der Waals surface area (Å²) in [4.78, 5) is 1.20. The van der Waals surface area contributed by atoms with E-state index in [2.05, 4.69) is 26.0 Å². The van der Waals surface area contributed by atoms with Gasteiger partial charge in [0.15, 0.2) is 0 Å². The number of nitrogen functional groups attached to an aromatic ring is 1. The molecule has 0 fully saturated rings. The third kappa shape index (κ3) is 2.18. The summed E-state index contributed by atoms with van der Waals surface area (Å²) in [5.41, 5.74) is 8.00. The van der Waals surface area contributed by atoms with Crippen molar-refractivity contribution in [3.05, 3.63) is 23.8 Å². The highest BCUT2D eigenvalue weighted by atomic mass is 32.2. The number of hydrogen-bond donors (Lipinski definition) is 1. The molecule has 0 amide bonds. The maximum absolute atomic E-state index is 5.91. The summed E-state index contributed by atoms with van der Waals surface area (Å²) in [6.45, 7) is 6.39. The summed E-state index contributed by atoms with van der Waals surface area (Å²) in [5, 5.41) is 0.592. The second kappa shape index (κ2) is 3.85. The van der Waals surface area contributed by atoms with Gasteiger partial charge in [-0.2, -0.15) is 0 Å². The van der Waals surface area contributed by atoms with E-state index in [4.69, 9.17) is 5.73 Å². The number of nitrogens with two attached hydrogens (primary N) is 1. The SMILES string of the molecule is Cc1cccc(SC(C)C)c1N. The Bertz CT molecular complexity index is 269. The van der Waals surface area contributed by atoms with Crippen LogP contribution in [0.2, 0.25) is 0 Å². The van der Waals surface area contributed by atoms with Gasteiger partial charge in [-0.3, -0.25) is 0 Å². The number of hydrogen-bond acceptors (Lipinski definition) is 2. The van der Waals surface area contributed by atoms with Gasteiger partial charge in [-0.05, 0) is 18.6 Å². The van der Waals surface area contributed by atoms with Crippen LogP contribution in [0.3, 0.4) is 0 Å². The summed E-state index contributed by atoms with van der Waals surface area (Å²) in [5.74, 6) is 0. The van der Waals surface area contributed by atoms with Crippen molar-refractivity contribution in [1.29, 1.82) is 0 Å². The van der Waals surface area contributed by atoms with Crippen molar-refractivity contribution in [2.24, 2.45) is 0 Å². The van der Waals surface area contributed by atoms with Gasteiger partial charge in [0, 0.05) is 15.8 Å². The molecule has 2 N–H and O–H groups in total. The molecule has 1 aromatic rings. The number of thioether (sulfide) groups is 1. The van der Waals surface area contributed by atoms with E-state index in [1.807, 2.05) is 24.8 Å². The quantitative estimate of drug-likeness (QED) is 0.560. The highest BCUT2D eigenvalue weighted by molar-refractivity contribution is 8.00. The van der Waals surface area contributed by atoms with Crippen LogP contribution in [0.5, 0.6) is 0 Å². The molecule has 0 atom stereocenters. The fraction of sp³-hybridized carbons (Fsp3) is 0.400. The lowest BCUT2D eigenvalue weighted by molar-refractivity contribution is 1.11. The summed E-state index contributed by atoms with van der Waals surface area (Å²) < 4.78 is 0. The molecule has 66 valence electrons. The van der Waals surface area contributed by atoms with Crippen LogP contribution in [-0.4, -0.2) is 5.25 Å². The molecule has 0 saturated carbocycles. The van der Waals surface area contributed by atoms with Crippen LogP contribution in [0.4, 0.5) is 5.69 Å². The second-order valence-corrected chi connectivity index (χ2v) is 4.77. The lowest BCUT2D eigenvalue weighted by Crippen LogP contribution is -1.94. The van der Waals surface area contributed by atoms with Crippen LogP contribution < -0.4 is 5.73 Å². The number of aryl methyl sites for hydroxylation is 1. The van der Waals surface area contributed by atoms with Crippen molar-refractivity contribution >= 4 is 17.4 Å². The molecular formula is C10H15NS. The topological polar surface area (TPSA) is 26.0 Å². The van der Waals surface area contributed by atoms with Gasteiger partial charge in [0.05, 0.1) is 0 Å². The Morgan fingerprint density at radius 1 is 1.33 bits per heavy atom. The molecule has 2 heteroatoms. The molecular weight excluding hydrogens is 166 g/mol.